The van der Waals surface area contributed by atoms with Gasteiger partial charge in [0, 0.05) is 18.1 Å². The Labute approximate surface area is 230 Å². The number of sulfonamides is 1. The van der Waals surface area contributed by atoms with Crippen molar-refractivity contribution in [2.75, 3.05) is 17.4 Å². The molecule has 202 valence electrons. The zero-order valence-electron chi connectivity index (χ0n) is 22.4. The van der Waals surface area contributed by atoms with Crippen molar-refractivity contribution in [3.63, 3.8) is 0 Å². The van der Waals surface area contributed by atoms with Gasteiger partial charge >= 0.3 is 0 Å². The number of anilines is 1. The molecule has 0 aliphatic rings. The molecule has 1 unspecified atom stereocenters. The smallest absolute Gasteiger partial charge is 0.264 e. The summed E-state index contributed by atoms with van der Waals surface area (Å²) in [5.41, 5.74) is 3.66. The molecule has 0 saturated heterocycles. The summed E-state index contributed by atoms with van der Waals surface area (Å²) in [4.78, 5) is 28.1. The Bertz CT molecular complexity index is 1390. The quantitative estimate of drug-likeness (QED) is 0.381. The summed E-state index contributed by atoms with van der Waals surface area (Å²) < 4.78 is 28.9. The van der Waals surface area contributed by atoms with E-state index in [-0.39, 0.29) is 17.3 Å². The largest absolute Gasteiger partial charge is 0.355 e. The molecule has 0 heterocycles. The second kappa shape index (κ2) is 12.5. The van der Waals surface area contributed by atoms with Crippen LogP contribution in [0.2, 0.25) is 5.02 Å². The van der Waals surface area contributed by atoms with Crippen LogP contribution in [-0.4, -0.2) is 44.3 Å². The summed E-state index contributed by atoms with van der Waals surface area (Å²) in [6.45, 7) is 8.97. The summed E-state index contributed by atoms with van der Waals surface area (Å²) in [6.07, 6.45) is 0. The summed E-state index contributed by atoms with van der Waals surface area (Å²) in [5, 5.41) is 3.20. The number of carbonyl (C=O) groups excluding carboxylic acids is 2. The molecule has 2 amide bonds. The molecule has 0 fully saturated rings. The highest BCUT2D eigenvalue weighted by Crippen LogP contribution is 2.27. The molecule has 0 aliphatic heterocycles. The third-order valence-corrected chi connectivity index (χ3v) is 8.36. The van der Waals surface area contributed by atoms with E-state index in [4.69, 9.17) is 11.6 Å². The third kappa shape index (κ3) is 6.94. The topological polar surface area (TPSA) is 86.8 Å². The van der Waals surface area contributed by atoms with Gasteiger partial charge in [-0.1, -0.05) is 53.6 Å². The molecule has 3 rings (SSSR count). The predicted octanol–water partition coefficient (Wildman–Crippen LogP) is 5.01. The van der Waals surface area contributed by atoms with Crippen molar-refractivity contribution in [1.29, 1.82) is 0 Å². The van der Waals surface area contributed by atoms with Crippen LogP contribution in [-0.2, 0) is 26.2 Å². The number of aryl methyl sites for hydroxylation is 3. The van der Waals surface area contributed by atoms with Crippen LogP contribution >= 0.6 is 11.6 Å². The summed E-state index contributed by atoms with van der Waals surface area (Å²) in [6, 6.07) is 18.1. The monoisotopic (exact) mass is 555 g/mol. The van der Waals surface area contributed by atoms with Gasteiger partial charge in [-0.3, -0.25) is 13.9 Å². The number of nitrogens with one attached hydrogen (secondary N) is 1. The van der Waals surface area contributed by atoms with Crippen LogP contribution in [0.3, 0.4) is 0 Å². The number of rotatable bonds is 10. The molecule has 38 heavy (non-hydrogen) atoms. The fraction of sp³-hybridized carbons (Fsp3) is 0.310. The normalized spacial score (nSPS) is 12.1. The Balaban J connectivity index is 2.08. The maximum Gasteiger partial charge on any atom is 0.264 e. The van der Waals surface area contributed by atoms with Crippen molar-refractivity contribution in [1.82, 2.24) is 10.2 Å². The van der Waals surface area contributed by atoms with E-state index in [1.165, 1.54) is 17.0 Å². The number of hydrogen-bond donors (Lipinski definition) is 1. The molecule has 3 aromatic carbocycles. The van der Waals surface area contributed by atoms with E-state index in [1.807, 2.05) is 26.8 Å². The van der Waals surface area contributed by atoms with Gasteiger partial charge in [0.25, 0.3) is 10.0 Å². The van der Waals surface area contributed by atoms with Crippen molar-refractivity contribution in [2.45, 2.75) is 52.1 Å². The van der Waals surface area contributed by atoms with Crippen LogP contribution in [0.5, 0.6) is 0 Å². The van der Waals surface area contributed by atoms with Crippen LogP contribution in [0.1, 0.15) is 36.1 Å². The van der Waals surface area contributed by atoms with Crippen molar-refractivity contribution < 1.29 is 18.0 Å². The molecule has 1 atom stereocenters. The van der Waals surface area contributed by atoms with Crippen molar-refractivity contribution >= 4 is 39.1 Å². The number of amides is 2. The lowest BCUT2D eigenvalue weighted by molar-refractivity contribution is -0.139. The van der Waals surface area contributed by atoms with Crippen molar-refractivity contribution in [3.8, 4) is 0 Å². The van der Waals surface area contributed by atoms with E-state index in [1.54, 1.807) is 62.4 Å². The van der Waals surface area contributed by atoms with Gasteiger partial charge in [0.15, 0.2) is 0 Å². The van der Waals surface area contributed by atoms with Crippen LogP contribution in [0.4, 0.5) is 5.69 Å². The molecule has 9 heteroatoms. The van der Waals surface area contributed by atoms with E-state index in [0.29, 0.717) is 22.8 Å². The molecule has 0 spiro atoms. The number of carbonyl (C=O) groups is 2. The highest BCUT2D eigenvalue weighted by Gasteiger charge is 2.32. The van der Waals surface area contributed by atoms with Gasteiger partial charge in [0.1, 0.15) is 12.6 Å². The lowest BCUT2D eigenvalue weighted by Crippen LogP contribution is -2.51. The number of halogens is 1. The van der Waals surface area contributed by atoms with Crippen molar-refractivity contribution in [3.05, 3.63) is 94.0 Å². The first kappa shape index (κ1) is 29.2. The molecular weight excluding hydrogens is 522 g/mol. The fourth-order valence-electron chi connectivity index (χ4n) is 4.18. The maximum absolute atomic E-state index is 13.9. The molecule has 0 aromatic heterocycles. The minimum absolute atomic E-state index is 0.0437. The first-order valence-electron chi connectivity index (χ1n) is 12.4. The van der Waals surface area contributed by atoms with Gasteiger partial charge in [-0.15, -0.1) is 0 Å². The molecule has 0 aliphatic carbocycles. The fourth-order valence-corrected chi connectivity index (χ4v) is 5.77. The van der Waals surface area contributed by atoms with E-state index >= 15 is 0 Å². The minimum atomic E-state index is -4.11. The summed E-state index contributed by atoms with van der Waals surface area (Å²) in [7, 11) is -4.11. The second-order valence-corrected chi connectivity index (χ2v) is 11.6. The SMILES string of the molecule is CCNC(=O)C(C)N(Cc1ccccc1Cl)C(=O)CN(c1cc(C)cc(C)c1)S(=O)(=O)c1ccc(C)cc1. The van der Waals surface area contributed by atoms with Crippen LogP contribution in [0, 0.1) is 20.8 Å². The molecule has 0 radical (unpaired) electrons. The lowest BCUT2D eigenvalue weighted by Gasteiger charge is -2.32. The van der Waals surface area contributed by atoms with Crippen LogP contribution < -0.4 is 9.62 Å². The van der Waals surface area contributed by atoms with E-state index < -0.39 is 28.5 Å². The molecule has 0 saturated carbocycles. The molecule has 0 bridgehead atoms. The molecule has 3 aromatic rings. The zero-order chi connectivity index (χ0) is 28.0. The Hall–Kier alpha value is -3.36. The van der Waals surface area contributed by atoms with Gasteiger partial charge in [0.05, 0.1) is 10.6 Å². The second-order valence-electron chi connectivity index (χ2n) is 9.35. The number of likely N-dealkylation sites (N-methyl/N-ethyl adjacent to an activating group) is 1. The highest BCUT2D eigenvalue weighted by atomic mass is 35.5. The van der Waals surface area contributed by atoms with E-state index in [2.05, 4.69) is 5.32 Å². The van der Waals surface area contributed by atoms with Gasteiger partial charge < -0.3 is 10.2 Å². The van der Waals surface area contributed by atoms with Gasteiger partial charge in [0.2, 0.25) is 11.8 Å². The Kier molecular flexibility index (Phi) is 9.57. The first-order valence-corrected chi connectivity index (χ1v) is 14.2. The molecule has 1 N–H and O–H groups in total. The van der Waals surface area contributed by atoms with Crippen LogP contribution in [0.15, 0.2) is 71.6 Å². The Morgan fingerprint density at radius 3 is 2.11 bits per heavy atom. The zero-order valence-corrected chi connectivity index (χ0v) is 23.9. The standard InChI is InChI=1S/C29H34ClN3O4S/c1-6-31-29(35)23(5)32(18-24-9-7-8-10-27(24)30)28(34)19-33(25-16-21(3)15-22(4)17-25)38(36,37)26-13-11-20(2)12-14-26/h7-17,23H,6,18-19H2,1-5H3,(H,31,35). The van der Waals surface area contributed by atoms with E-state index in [9.17, 15) is 18.0 Å². The van der Waals surface area contributed by atoms with Crippen LogP contribution in [0.25, 0.3) is 0 Å². The first-order chi connectivity index (χ1) is 17.9. The van der Waals surface area contributed by atoms with E-state index in [0.717, 1.165) is 21.0 Å². The Morgan fingerprint density at radius 2 is 1.53 bits per heavy atom. The highest BCUT2D eigenvalue weighted by molar-refractivity contribution is 7.92. The van der Waals surface area contributed by atoms with Gasteiger partial charge in [-0.25, -0.2) is 8.42 Å². The Morgan fingerprint density at radius 1 is 0.921 bits per heavy atom. The average Bonchev–Trinajstić information content (AvgIpc) is 2.86. The van der Waals surface area contributed by atoms with Crippen molar-refractivity contribution in [2.24, 2.45) is 0 Å². The van der Waals surface area contributed by atoms with Gasteiger partial charge in [-0.2, -0.15) is 0 Å². The summed E-state index contributed by atoms with van der Waals surface area (Å²) >= 11 is 6.38. The number of hydrogen-bond acceptors (Lipinski definition) is 4. The summed E-state index contributed by atoms with van der Waals surface area (Å²) in [5.74, 6) is -0.870. The maximum atomic E-state index is 13.9. The third-order valence-electron chi connectivity index (χ3n) is 6.20. The number of benzene rings is 3. The minimum Gasteiger partial charge on any atom is -0.355 e. The average molecular weight is 556 g/mol. The lowest BCUT2D eigenvalue weighted by atomic mass is 10.1. The predicted molar refractivity (Wildman–Crippen MR) is 152 cm³/mol. The molecular formula is C29H34ClN3O4S. The number of nitrogens with zero attached hydrogens (tertiary/aromatic N) is 2. The van der Waals surface area contributed by atoms with Gasteiger partial charge in [-0.05, 0) is 81.6 Å². The molecule has 7 nitrogen and oxygen atoms in total.